The third-order valence-corrected chi connectivity index (χ3v) is 4.69. The van der Waals surface area contributed by atoms with Gasteiger partial charge < -0.3 is 29.6 Å². The monoisotopic (exact) mass is 388 g/mol. The lowest BCUT2D eigenvalue weighted by molar-refractivity contribution is -0.146. The molecule has 0 radical (unpaired) electrons. The summed E-state index contributed by atoms with van der Waals surface area (Å²) in [5, 5.41) is 6.24. The largest absolute Gasteiger partial charge is 0.496 e. The second kappa shape index (κ2) is 10.4. The highest BCUT2D eigenvalue weighted by Gasteiger charge is 2.39. The van der Waals surface area contributed by atoms with Crippen LogP contribution in [0.5, 0.6) is 17.2 Å². The first-order valence-corrected chi connectivity index (χ1v) is 8.43. The fourth-order valence-electron chi connectivity index (χ4n) is 3.14. The molecule has 1 aliphatic heterocycles. The molecule has 2 rings (SSSR count). The zero-order valence-corrected chi connectivity index (χ0v) is 16.7. The van der Waals surface area contributed by atoms with Crippen LogP contribution in [0.25, 0.3) is 0 Å². The number of halogens is 1. The highest BCUT2D eigenvalue weighted by Crippen LogP contribution is 2.34. The Bertz CT molecular complexity index is 566. The molecule has 1 amide bonds. The van der Waals surface area contributed by atoms with Gasteiger partial charge in [0.2, 0.25) is 0 Å². The number of carbonyl (C=O) groups excluding carboxylic acids is 1. The minimum Gasteiger partial charge on any atom is -0.496 e. The van der Waals surface area contributed by atoms with Crippen LogP contribution < -0.4 is 24.8 Å². The van der Waals surface area contributed by atoms with Gasteiger partial charge in [-0.1, -0.05) is 0 Å². The van der Waals surface area contributed by atoms with E-state index in [2.05, 4.69) is 10.6 Å². The molecule has 7 nitrogen and oxygen atoms in total. The summed E-state index contributed by atoms with van der Waals surface area (Å²) in [5.41, 5.74) is 0.155. The Labute approximate surface area is 161 Å². The van der Waals surface area contributed by atoms with Crippen LogP contribution in [0.2, 0.25) is 0 Å². The topological polar surface area (TPSA) is 78.1 Å². The van der Waals surface area contributed by atoms with Crippen LogP contribution in [0.4, 0.5) is 0 Å². The van der Waals surface area contributed by atoms with E-state index in [0.717, 1.165) is 18.7 Å². The van der Waals surface area contributed by atoms with E-state index in [1.54, 1.807) is 28.4 Å². The lowest BCUT2D eigenvalue weighted by atomic mass is 9.91. The summed E-state index contributed by atoms with van der Waals surface area (Å²) in [6, 6.07) is 3.62. The van der Waals surface area contributed by atoms with Crippen LogP contribution in [0.3, 0.4) is 0 Å². The van der Waals surface area contributed by atoms with Crippen molar-refractivity contribution in [1.82, 2.24) is 10.6 Å². The van der Waals surface area contributed by atoms with Crippen molar-refractivity contribution >= 4 is 18.3 Å². The second-order valence-corrected chi connectivity index (χ2v) is 5.96. The van der Waals surface area contributed by atoms with Crippen LogP contribution >= 0.6 is 12.4 Å². The first-order valence-electron chi connectivity index (χ1n) is 8.43. The minimum atomic E-state index is -0.737. The lowest BCUT2D eigenvalue weighted by Crippen LogP contribution is -2.54. The van der Waals surface area contributed by atoms with E-state index in [0.29, 0.717) is 43.1 Å². The summed E-state index contributed by atoms with van der Waals surface area (Å²) in [4.78, 5) is 12.6. The average Bonchev–Trinajstić information content (AvgIpc) is 2.67. The van der Waals surface area contributed by atoms with E-state index in [1.807, 2.05) is 12.1 Å². The molecule has 0 unspecified atom stereocenters. The number of benzene rings is 1. The summed E-state index contributed by atoms with van der Waals surface area (Å²) in [6.45, 7) is 2.03. The van der Waals surface area contributed by atoms with E-state index in [4.69, 9.17) is 18.9 Å². The Morgan fingerprint density at radius 1 is 1.08 bits per heavy atom. The number of carbonyl (C=O) groups is 1. The Balaban J connectivity index is 0.00000338. The van der Waals surface area contributed by atoms with Crippen molar-refractivity contribution < 1.29 is 23.7 Å². The first kappa shape index (κ1) is 22.3. The molecule has 0 atom stereocenters. The predicted molar refractivity (Wildman–Crippen MR) is 102 cm³/mol. The predicted octanol–water partition coefficient (Wildman–Crippen LogP) is 1.56. The SMILES string of the molecule is COc1cc(OC)c(CCNC(=O)C2(OC)CCNCC2)c(OC)c1.Cl. The molecule has 1 fully saturated rings. The molecule has 148 valence electrons. The van der Waals surface area contributed by atoms with Gasteiger partial charge in [-0.3, -0.25) is 4.79 Å². The Morgan fingerprint density at radius 2 is 1.65 bits per heavy atom. The fraction of sp³-hybridized carbons (Fsp3) is 0.611. The van der Waals surface area contributed by atoms with Crippen molar-refractivity contribution in [2.45, 2.75) is 24.9 Å². The normalized spacial score (nSPS) is 15.5. The average molecular weight is 389 g/mol. The molecule has 0 bridgehead atoms. The molecule has 1 aromatic carbocycles. The maximum absolute atomic E-state index is 12.6. The summed E-state index contributed by atoms with van der Waals surface area (Å²) in [6.07, 6.45) is 1.93. The lowest BCUT2D eigenvalue weighted by Gasteiger charge is -2.34. The van der Waals surface area contributed by atoms with Crippen molar-refractivity contribution in [1.29, 1.82) is 0 Å². The number of amides is 1. The quantitative estimate of drug-likeness (QED) is 0.703. The molecule has 0 aromatic heterocycles. The highest BCUT2D eigenvalue weighted by molar-refractivity contribution is 5.85. The van der Waals surface area contributed by atoms with Crippen molar-refractivity contribution in [3.05, 3.63) is 17.7 Å². The number of hydrogen-bond acceptors (Lipinski definition) is 6. The Morgan fingerprint density at radius 3 is 2.12 bits per heavy atom. The highest BCUT2D eigenvalue weighted by atomic mass is 35.5. The van der Waals surface area contributed by atoms with Crippen molar-refractivity contribution in [3.8, 4) is 17.2 Å². The van der Waals surface area contributed by atoms with Crippen LogP contribution in [0, 0.1) is 0 Å². The number of rotatable bonds is 8. The molecule has 0 aliphatic carbocycles. The third kappa shape index (κ3) is 4.93. The van der Waals surface area contributed by atoms with E-state index < -0.39 is 5.60 Å². The molecule has 0 saturated carbocycles. The number of piperidine rings is 1. The van der Waals surface area contributed by atoms with Crippen molar-refractivity contribution in [3.63, 3.8) is 0 Å². The van der Waals surface area contributed by atoms with Crippen LogP contribution in [0.15, 0.2) is 12.1 Å². The molecule has 1 heterocycles. The standard InChI is InChI=1S/C18H28N2O5.ClH/c1-22-13-11-15(23-2)14(16(12-13)24-3)5-8-20-17(21)18(25-4)6-9-19-10-7-18;/h11-12,19H,5-10H2,1-4H3,(H,20,21);1H. The van der Waals surface area contributed by atoms with Gasteiger partial charge >= 0.3 is 0 Å². The van der Waals surface area contributed by atoms with Crippen molar-refractivity contribution in [2.24, 2.45) is 0 Å². The molecule has 1 aliphatic rings. The maximum atomic E-state index is 12.6. The van der Waals surface area contributed by atoms with Gasteiger partial charge in [-0.15, -0.1) is 12.4 Å². The smallest absolute Gasteiger partial charge is 0.252 e. The molecular weight excluding hydrogens is 360 g/mol. The van der Waals surface area contributed by atoms with Gasteiger partial charge in [0.1, 0.15) is 22.8 Å². The van der Waals surface area contributed by atoms with Gasteiger partial charge in [-0.2, -0.15) is 0 Å². The van der Waals surface area contributed by atoms with Gasteiger partial charge in [-0.05, 0) is 32.4 Å². The van der Waals surface area contributed by atoms with E-state index in [9.17, 15) is 4.79 Å². The fourth-order valence-corrected chi connectivity index (χ4v) is 3.14. The Hall–Kier alpha value is -1.70. The second-order valence-electron chi connectivity index (χ2n) is 5.96. The zero-order chi connectivity index (χ0) is 18.3. The number of hydrogen-bond donors (Lipinski definition) is 2. The van der Waals surface area contributed by atoms with Gasteiger partial charge in [0.25, 0.3) is 5.91 Å². The first-order chi connectivity index (χ1) is 12.1. The van der Waals surface area contributed by atoms with Gasteiger partial charge in [-0.25, -0.2) is 0 Å². The van der Waals surface area contributed by atoms with E-state index in [-0.39, 0.29) is 18.3 Å². The minimum absolute atomic E-state index is 0. The molecule has 2 N–H and O–H groups in total. The molecule has 8 heteroatoms. The molecule has 0 spiro atoms. The maximum Gasteiger partial charge on any atom is 0.252 e. The van der Waals surface area contributed by atoms with Crippen LogP contribution in [-0.2, 0) is 16.0 Å². The molecule has 1 saturated heterocycles. The van der Waals surface area contributed by atoms with Gasteiger partial charge in [0, 0.05) is 31.4 Å². The summed E-state index contributed by atoms with van der Waals surface area (Å²) < 4.78 is 21.7. The number of ether oxygens (including phenoxy) is 4. The summed E-state index contributed by atoms with van der Waals surface area (Å²) in [5.74, 6) is 1.94. The van der Waals surface area contributed by atoms with Crippen LogP contribution in [-0.4, -0.2) is 59.6 Å². The Kier molecular flexibility index (Phi) is 8.98. The van der Waals surface area contributed by atoms with Crippen LogP contribution in [0.1, 0.15) is 18.4 Å². The van der Waals surface area contributed by atoms with Gasteiger partial charge in [0.15, 0.2) is 0 Å². The van der Waals surface area contributed by atoms with E-state index in [1.165, 1.54) is 0 Å². The summed E-state index contributed by atoms with van der Waals surface area (Å²) >= 11 is 0. The molecular formula is C18H29ClN2O5. The van der Waals surface area contributed by atoms with Gasteiger partial charge in [0.05, 0.1) is 21.3 Å². The van der Waals surface area contributed by atoms with Crippen molar-refractivity contribution in [2.75, 3.05) is 48.1 Å². The molecule has 26 heavy (non-hydrogen) atoms. The molecule has 1 aromatic rings. The summed E-state index contributed by atoms with van der Waals surface area (Å²) in [7, 11) is 6.40. The third-order valence-electron chi connectivity index (χ3n) is 4.69. The number of nitrogens with one attached hydrogen (secondary N) is 2. The number of methoxy groups -OCH3 is 4. The zero-order valence-electron chi connectivity index (χ0n) is 15.8. The van der Waals surface area contributed by atoms with E-state index >= 15 is 0 Å².